The van der Waals surface area contributed by atoms with Crippen molar-refractivity contribution in [1.82, 2.24) is 4.98 Å². The maximum atomic E-state index is 12.6. The molecular weight excluding hydrogens is 590 g/mol. The lowest BCUT2D eigenvalue weighted by molar-refractivity contribution is -0.224. The molecule has 0 bridgehead atoms. The van der Waals surface area contributed by atoms with E-state index >= 15 is 0 Å². The van der Waals surface area contributed by atoms with Gasteiger partial charge in [-0.15, -0.1) is 0 Å². The predicted molar refractivity (Wildman–Crippen MR) is 167 cm³/mol. The number of carbonyl (C=O) groups excluding carboxylic acids is 4. The van der Waals surface area contributed by atoms with Gasteiger partial charge in [-0.3, -0.25) is 19.2 Å². The number of oxazole rings is 1. The summed E-state index contributed by atoms with van der Waals surface area (Å²) in [5.74, 6) is 1.56. The highest BCUT2D eigenvalue weighted by molar-refractivity contribution is 5.72. The predicted octanol–water partition coefficient (Wildman–Crippen LogP) is 5.94. The van der Waals surface area contributed by atoms with Crippen molar-refractivity contribution in [2.45, 2.75) is 131 Å². The summed E-state index contributed by atoms with van der Waals surface area (Å²) in [5.41, 5.74) is 0.287. The number of rotatable bonds is 9. The monoisotopic (exact) mass is 643 g/mol. The average molecular weight is 644 g/mol. The zero-order valence-corrected chi connectivity index (χ0v) is 28.9. The topological polar surface area (TPSA) is 131 Å². The van der Waals surface area contributed by atoms with E-state index in [0.29, 0.717) is 29.7 Å². The van der Waals surface area contributed by atoms with Crippen LogP contribution in [-0.2, 0) is 51.0 Å². The molecule has 46 heavy (non-hydrogen) atoms. The van der Waals surface area contributed by atoms with E-state index in [-0.39, 0.29) is 89.0 Å². The lowest BCUT2D eigenvalue weighted by Crippen LogP contribution is -2.63. The van der Waals surface area contributed by atoms with E-state index in [1.54, 1.807) is 0 Å². The first-order valence-electron chi connectivity index (χ1n) is 17.2. The number of hydrogen-bond acceptors (Lipinski definition) is 10. The average Bonchev–Trinajstić information content (AvgIpc) is 3.51. The van der Waals surface area contributed by atoms with E-state index in [1.165, 1.54) is 27.9 Å². The molecule has 10 heteroatoms. The van der Waals surface area contributed by atoms with Gasteiger partial charge in [0, 0.05) is 38.5 Å². The van der Waals surface area contributed by atoms with E-state index in [9.17, 15) is 19.2 Å². The van der Waals surface area contributed by atoms with Crippen LogP contribution < -0.4 is 0 Å². The molecule has 1 aromatic rings. The fourth-order valence-corrected chi connectivity index (χ4v) is 10.6. The van der Waals surface area contributed by atoms with Crippen LogP contribution >= 0.6 is 0 Å². The molecule has 0 aromatic carbocycles. The number of aryl methyl sites for hydroxylation is 2. The van der Waals surface area contributed by atoms with Crippen molar-refractivity contribution in [3.05, 3.63) is 17.3 Å². The summed E-state index contributed by atoms with van der Waals surface area (Å²) in [7, 11) is 1.36. The molecule has 0 spiro atoms. The summed E-state index contributed by atoms with van der Waals surface area (Å²) >= 11 is 0. The minimum absolute atomic E-state index is 0.0356. The molecule has 4 fully saturated rings. The number of aromatic nitrogens is 1. The van der Waals surface area contributed by atoms with Crippen LogP contribution in [0.2, 0.25) is 0 Å². The summed E-state index contributed by atoms with van der Waals surface area (Å²) in [6.07, 6.45) is 6.97. The standard InChI is InChI=1S/C36H53NO9/c1-19(9-12-32-37-29(20(2)43-32)18-33(41)42-8)26-10-11-27-34-28(17-31(36(26,27)7)46-23(5)40)35(6)14-13-25(44-21(3)38)15-24(35)16-30(34)45-22(4)39/h19,24-28,30-31,34H,9-18H2,1-8H3/t19-,24+,25-,26-,27+,28+,30-,31+,34+,35+,36-/m1/s1. The SMILES string of the molecule is COC(=O)Cc1nc(CC[C@@H](C)[C@H]2CC[C@H]3[C@@H]4[C@H](OC(C)=O)C[C@@H]5C[C@H](OC(C)=O)CC[C@]5(C)[C@H]4C[C@H](OC(C)=O)[C@]23C)oc1C. The normalized spacial score (nSPS) is 37.2. The van der Waals surface area contributed by atoms with E-state index in [0.717, 1.165) is 51.4 Å². The Morgan fingerprint density at radius 3 is 2.28 bits per heavy atom. The number of fused-ring (bicyclic) bond motifs is 5. The van der Waals surface area contributed by atoms with E-state index in [1.807, 2.05) is 6.92 Å². The minimum Gasteiger partial charge on any atom is -0.469 e. The van der Waals surface area contributed by atoms with Crippen LogP contribution in [0.3, 0.4) is 0 Å². The van der Waals surface area contributed by atoms with Gasteiger partial charge in [-0.1, -0.05) is 20.8 Å². The molecule has 5 rings (SSSR count). The summed E-state index contributed by atoms with van der Waals surface area (Å²) in [6, 6.07) is 0. The number of esters is 4. The molecule has 0 aliphatic heterocycles. The van der Waals surface area contributed by atoms with E-state index < -0.39 is 0 Å². The maximum absolute atomic E-state index is 12.6. The second kappa shape index (κ2) is 13.3. The number of methoxy groups -OCH3 is 1. The van der Waals surface area contributed by atoms with Crippen LogP contribution in [0, 0.1) is 53.3 Å². The van der Waals surface area contributed by atoms with Gasteiger partial charge in [-0.2, -0.15) is 0 Å². The number of ether oxygens (including phenoxy) is 4. The molecule has 1 heterocycles. The molecule has 4 aliphatic rings. The van der Waals surface area contributed by atoms with Gasteiger partial charge in [0.05, 0.1) is 19.2 Å². The van der Waals surface area contributed by atoms with Crippen LogP contribution in [0.4, 0.5) is 0 Å². The third-order valence-electron chi connectivity index (χ3n) is 12.7. The first-order chi connectivity index (χ1) is 21.7. The summed E-state index contributed by atoms with van der Waals surface area (Å²) in [5, 5.41) is 0. The largest absolute Gasteiger partial charge is 0.469 e. The molecule has 0 saturated heterocycles. The lowest BCUT2D eigenvalue weighted by atomic mass is 9.43. The van der Waals surface area contributed by atoms with Crippen molar-refractivity contribution in [3.63, 3.8) is 0 Å². The second-order valence-electron chi connectivity index (χ2n) is 15.1. The van der Waals surface area contributed by atoms with Crippen molar-refractivity contribution in [3.8, 4) is 0 Å². The Morgan fingerprint density at radius 2 is 1.63 bits per heavy atom. The first-order valence-corrected chi connectivity index (χ1v) is 17.2. The molecule has 1 aromatic heterocycles. The van der Waals surface area contributed by atoms with Crippen molar-refractivity contribution in [1.29, 1.82) is 0 Å². The highest BCUT2D eigenvalue weighted by Gasteiger charge is 2.67. The highest BCUT2D eigenvalue weighted by atomic mass is 16.6. The van der Waals surface area contributed by atoms with Gasteiger partial charge in [0.15, 0.2) is 5.89 Å². The van der Waals surface area contributed by atoms with Crippen LogP contribution in [0.5, 0.6) is 0 Å². The second-order valence-corrected chi connectivity index (χ2v) is 15.1. The van der Waals surface area contributed by atoms with Crippen LogP contribution in [-0.4, -0.2) is 54.3 Å². The Bertz CT molecular complexity index is 1320. The Kier molecular flexibility index (Phi) is 9.96. The number of hydrogen-bond donors (Lipinski definition) is 0. The summed E-state index contributed by atoms with van der Waals surface area (Å²) in [6.45, 7) is 13.2. The smallest absolute Gasteiger partial charge is 0.311 e. The molecule has 0 radical (unpaired) electrons. The van der Waals surface area contributed by atoms with Crippen molar-refractivity contribution in [2.75, 3.05) is 7.11 Å². The lowest BCUT2D eigenvalue weighted by Gasteiger charge is -2.64. The molecule has 256 valence electrons. The van der Waals surface area contributed by atoms with Gasteiger partial charge in [0.1, 0.15) is 24.1 Å². The first kappa shape index (κ1) is 34.4. The number of carbonyl (C=O) groups is 4. The summed E-state index contributed by atoms with van der Waals surface area (Å²) < 4.78 is 28.9. The minimum atomic E-state index is -0.347. The quantitative estimate of drug-likeness (QED) is 0.235. The Morgan fingerprint density at radius 1 is 0.935 bits per heavy atom. The van der Waals surface area contributed by atoms with E-state index in [2.05, 4.69) is 25.8 Å². The molecule has 0 N–H and O–H groups in total. The van der Waals surface area contributed by atoms with E-state index in [4.69, 9.17) is 23.4 Å². The molecular formula is C36H53NO9. The van der Waals surface area contributed by atoms with Crippen molar-refractivity contribution in [2.24, 2.45) is 46.3 Å². The van der Waals surface area contributed by atoms with Crippen LogP contribution in [0.1, 0.15) is 110 Å². The molecule has 4 saturated carbocycles. The highest BCUT2D eigenvalue weighted by Crippen LogP contribution is 2.69. The van der Waals surface area contributed by atoms with Crippen LogP contribution in [0.25, 0.3) is 0 Å². The molecule has 0 unspecified atom stereocenters. The van der Waals surface area contributed by atoms with Gasteiger partial charge in [0.2, 0.25) is 0 Å². The third-order valence-corrected chi connectivity index (χ3v) is 12.7. The molecule has 4 aliphatic carbocycles. The van der Waals surface area contributed by atoms with Gasteiger partial charge >= 0.3 is 23.9 Å². The van der Waals surface area contributed by atoms with Gasteiger partial charge < -0.3 is 23.4 Å². The van der Waals surface area contributed by atoms with Crippen LogP contribution in [0.15, 0.2) is 4.42 Å². The van der Waals surface area contributed by atoms with Gasteiger partial charge in [0.25, 0.3) is 0 Å². The fourth-order valence-electron chi connectivity index (χ4n) is 10.6. The number of nitrogens with zero attached hydrogens (tertiary/aromatic N) is 1. The Balaban J connectivity index is 1.41. The molecule has 10 nitrogen and oxygen atoms in total. The molecule has 11 atom stereocenters. The Hall–Kier alpha value is -2.91. The van der Waals surface area contributed by atoms with Crippen molar-refractivity contribution >= 4 is 23.9 Å². The molecule has 0 amide bonds. The maximum Gasteiger partial charge on any atom is 0.311 e. The third kappa shape index (κ3) is 6.46. The van der Waals surface area contributed by atoms with Gasteiger partial charge in [-0.25, -0.2) is 4.98 Å². The van der Waals surface area contributed by atoms with Crippen molar-refractivity contribution < 1.29 is 42.5 Å². The summed E-state index contributed by atoms with van der Waals surface area (Å²) in [4.78, 5) is 53.4. The zero-order valence-electron chi connectivity index (χ0n) is 28.9. The Labute approximate surface area is 273 Å². The zero-order chi connectivity index (χ0) is 33.6. The van der Waals surface area contributed by atoms with Gasteiger partial charge in [-0.05, 0) is 93.3 Å². The fraction of sp³-hybridized carbons (Fsp3) is 0.806.